The molecule has 2 amide bonds. The molecule has 1 aliphatic heterocycles. The zero-order valence-corrected chi connectivity index (χ0v) is 23.6. The van der Waals surface area contributed by atoms with Crippen LogP contribution in [0.5, 0.6) is 0 Å². The van der Waals surface area contributed by atoms with E-state index in [4.69, 9.17) is 19.9 Å². The lowest BCUT2D eigenvalue weighted by Gasteiger charge is -2.37. The number of amides is 2. The van der Waals surface area contributed by atoms with E-state index in [0.717, 1.165) is 5.69 Å². The Hall–Kier alpha value is -3.01. The fourth-order valence-electron chi connectivity index (χ4n) is 3.56. The van der Waals surface area contributed by atoms with Crippen LogP contribution < -0.4 is 16.0 Å². The maximum atomic E-state index is 12.8. The van der Waals surface area contributed by atoms with Crippen LogP contribution in [-0.4, -0.2) is 79.0 Å². The minimum absolute atomic E-state index is 0.0247. The van der Waals surface area contributed by atoms with Crippen LogP contribution in [0.3, 0.4) is 0 Å². The topological polar surface area (TPSA) is 123 Å². The summed E-state index contributed by atoms with van der Waals surface area (Å²) < 4.78 is 16.7. The molecule has 0 radical (unpaired) electrons. The number of hydrogen-bond acceptors (Lipinski definition) is 8. The number of nitrogens with one attached hydrogen (secondary N) is 1. The van der Waals surface area contributed by atoms with Crippen LogP contribution in [0.4, 0.5) is 16.2 Å². The molecular formula is C27H44N4O6. The minimum Gasteiger partial charge on any atom is -0.457 e. The highest BCUT2D eigenvalue weighted by Gasteiger charge is 2.27. The molecule has 10 nitrogen and oxygen atoms in total. The largest absolute Gasteiger partial charge is 0.457 e. The van der Waals surface area contributed by atoms with E-state index in [9.17, 15) is 14.4 Å². The molecule has 3 N–H and O–H groups in total. The molecule has 1 heterocycles. The Labute approximate surface area is 220 Å². The van der Waals surface area contributed by atoms with Gasteiger partial charge in [-0.3, -0.25) is 9.59 Å². The van der Waals surface area contributed by atoms with Gasteiger partial charge < -0.3 is 35.1 Å². The van der Waals surface area contributed by atoms with Crippen LogP contribution >= 0.6 is 0 Å². The Kier molecular flexibility index (Phi) is 9.82. The number of ether oxygens (including phenoxy) is 3. The fourth-order valence-corrected chi connectivity index (χ4v) is 3.56. The Morgan fingerprint density at radius 1 is 0.919 bits per heavy atom. The zero-order valence-electron chi connectivity index (χ0n) is 23.6. The standard InChI is InChI=1S/C27H44N4O6/c1-25(2,3)35-18-27(7,8)36-22(32)11-12-29-23(33)20-17-19(9-10-21(20)28)30-13-15-31(16-14-30)24(34)37-26(4,5)6/h9-10,17H,11-16,18,28H2,1-8H3,(H,29,33). The smallest absolute Gasteiger partial charge is 0.410 e. The lowest BCUT2D eigenvalue weighted by molar-refractivity contribution is -0.167. The molecule has 0 spiro atoms. The highest BCUT2D eigenvalue weighted by molar-refractivity contribution is 6.00. The summed E-state index contributed by atoms with van der Waals surface area (Å²) in [6, 6.07) is 5.28. The molecule has 10 heteroatoms. The summed E-state index contributed by atoms with van der Waals surface area (Å²) in [5.74, 6) is -0.790. The van der Waals surface area contributed by atoms with Crippen LogP contribution in [0.2, 0.25) is 0 Å². The van der Waals surface area contributed by atoms with E-state index < -0.39 is 17.2 Å². The minimum atomic E-state index is -0.777. The number of carbonyl (C=O) groups is 3. The molecule has 1 aromatic rings. The number of benzene rings is 1. The summed E-state index contributed by atoms with van der Waals surface area (Å²) >= 11 is 0. The number of anilines is 2. The van der Waals surface area contributed by atoms with Gasteiger partial charge in [-0.05, 0) is 73.6 Å². The number of nitrogen functional groups attached to an aromatic ring is 1. The van der Waals surface area contributed by atoms with E-state index in [1.165, 1.54) is 0 Å². The Morgan fingerprint density at radius 3 is 2.11 bits per heavy atom. The molecule has 1 aromatic carbocycles. The number of esters is 1. The van der Waals surface area contributed by atoms with E-state index in [1.54, 1.807) is 30.9 Å². The van der Waals surface area contributed by atoms with Gasteiger partial charge in [-0.15, -0.1) is 0 Å². The molecule has 0 unspecified atom stereocenters. The second kappa shape index (κ2) is 12.0. The predicted molar refractivity (Wildman–Crippen MR) is 144 cm³/mol. The Morgan fingerprint density at radius 2 is 1.54 bits per heavy atom. The molecule has 0 aromatic heterocycles. The van der Waals surface area contributed by atoms with Crippen molar-refractivity contribution in [2.24, 2.45) is 0 Å². The lowest BCUT2D eigenvalue weighted by atomic mass is 10.1. The van der Waals surface area contributed by atoms with Crippen molar-refractivity contribution in [1.82, 2.24) is 10.2 Å². The van der Waals surface area contributed by atoms with E-state index >= 15 is 0 Å². The Balaban J connectivity index is 1.87. The van der Waals surface area contributed by atoms with Gasteiger partial charge in [-0.1, -0.05) is 0 Å². The second-order valence-corrected chi connectivity index (χ2v) is 11.9. The highest BCUT2D eigenvalue weighted by Crippen LogP contribution is 2.23. The van der Waals surface area contributed by atoms with Crippen molar-refractivity contribution < 1.29 is 28.6 Å². The predicted octanol–water partition coefficient (Wildman–Crippen LogP) is 3.58. The van der Waals surface area contributed by atoms with Gasteiger partial charge in [0.15, 0.2) is 0 Å². The third-order valence-electron chi connectivity index (χ3n) is 5.44. The van der Waals surface area contributed by atoms with Crippen LogP contribution in [0.1, 0.15) is 72.2 Å². The van der Waals surface area contributed by atoms with E-state index in [2.05, 4.69) is 10.2 Å². The number of carbonyl (C=O) groups excluding carboxylic acids is 3. The number of piperazine rings is 1. The van der Waals surface area contributed by atoms with Gasteiger partial charge in [0, 0.05) is 44.1 Å². The van der Waals surface area contributed by atoms with E-state index in [-0.39, 0.29) is 37.2 Å². The molecule has 2 rings (SSSR count). The van der Waals surface area contributed by atoms with Crippen molar-refractivity contribution in [2.45, 2.75) is 78.6 Å². The average molecular weight is 521 g/mol. The first-order chi connectivity index (χ1) is 17.0. The van der Waals surface area contributed by atoms with Gasteiger partial charge in [0.1, 0.15) is 11.2 Å². The first-order valence-corrected chi connectivity index (χ1v) is 12.7. The molecule has 0 bridgehead atoms. The summed E-state index contributed by atoms with van der Waals surface area (Å²) in [6.45, 7) is 17.5. The molecule has 37 heavy (non-hydrogen) atoms. The van der Waals surface area contributed by atoms with Crippen molar-refractivity contribution in [2.75, 3.05) is 50.0 Å². The van der Waals surface area contributed by atoms with Crippen molar-refractivity contribution in [1.29, 1.82) is 0 Å². The van der Waals surface area contributed by atoms with Crippen molar-refractivity contribution in [3.05, 3.63) is 23.8 Å². The van der Waals surface area contributed by atoms with Crippen molar-refractivity contribution >= 4 is 29.3 Å². The van der Waals surface area contributed by atoms with E-state index in [1.807, 2.05) is 47.6 Å². The molecule has 0 saturated carbocycles. The molecule has 1 aliphatic rings. The van der Waals surface area contributed by atoms with Gasteiger partial charge in [-0.25, -0.2) is 4.79 Å². The van der Waals surface area contributed by atoms with Gasteiger partial charge >= 0.3 is 12.1 Å². The van der Waals surface area contributed by atoms with E-state index in [0.29, 0.717) is 37.4 Å². The van der Waals surface area contributed by atoms with Crippen LogP contribution in [0, 0.1) is 0 Å². The SMILES string of the molecule is CC(C)(C)OCC(C)(C)OC(=O)CCNC(=O)c1cc(N2CCN(C(=O)OC(C)(C)C)CC2)ccc1N. The Bertz CT molecular complexity index is 957. The summed E-state index contributed by atoms with van der Waals surface area (Å²) in [7, 11) is 0. The van der Waals surface area contributed by atoms with Gasteiger partial charge in [0.2, 0.25) is 0 Å². The zero-order chi connectivity index (χ0) is 28.0. The van der Waals surface area contributed by atoms with Crippen LogP contribution in [0.25, 0.3) is 0 Å². The summed E-state index contributed by atoms with van der Waals surface area (Å²) in [4.78, 5) is 41.2. The highest BCUT2D eigenvalue weighted by atomic mass is 16.6. The number of nitrogens with two attached hydrogens (primary N) is 1. The van der Waals surface area contributed by atoms with Gasteiger partial charge in [-0.2, -0.15) is 0 Å². The molecule has 1 fully saturated rings. The molecule has 1 saturated heterocycles. The second-order valence-electron chi connectivity index (χ2n) is 11.9. The van der Waals surface area contributed by atoms with Crippen LogP contribution in [-0.2, 0) is 19.0 Å². The van der Waals surface area contributed by atoms with Crippen molar-refractivity contribution in [3.8, 4) is 0 Å². The molecule has 0 aliphatic carbocycles. The summed E-state index contributed by atoms with van der Waals surface area (Å²) in [6.07, 6.45) is -0.301. The third kappa shape index (κ3) is 10.5. The first kappa shape index (κ1) is 30.2. The molecule has 0 atom stereocenters. The molecule has 208 valence electrons. The monoisotopic (exact) mass is 520 g/mol. The summed E-state index contributed by atoms with van der Waals surface area (Å²) in [5, 5.41) is 2.75. The summed E-state index contributed by atoms with van der Waals surface area (Å²) in [5.41, 5.74) is 5.93. The fraction of sp³-hybridized carbons (Fsp3) is 0.667. The quantitative estimate of drug-likeness (QED) is 0.394. The average Bonchev–Trinajstić information content (AvgIpc) is 2.76. The lowest BCUT2D eigenvalue weighted by Crippen LogP contribution is -2.50. The number of hydrogen-bond donors (Lipinski definition) is 2. The molecular weight excluding hydrogens is 476 g/mol. The maximum absolute atomic E-state index is 12.8. The van der Waals surface area contributed by atoms with Crippen molar-refractivity contribution in [3.63, 3.8) is 0 Å². The van der Waals surface area contributed by atoms with Gasteiger partial charge in [0.05, 0.1) is 24.2 Å². The number of nitrogens with zero attached hydrogens (tertiary/aromatic N) is 2. The normalized spacial score (nSPS) is 14.8. The van der Waals surface area contributed by atoms with Gasteiger partial charge in [0.25, 0.3) is 5.91 Å². The first-order valence-electron chi connectivity index (χ1n) is 12.7. The third-order valence-corrected chi connectivity index (χ3v) is 5.44. The van der Waals surface area contributed by atoms with Crippen LogP contribution in [0.15, 0.2) is 18.2 Å². The maximum Gasteiger partial charge on any atom is 0.410 e. The number of rotatable bonds is 8.